The van der Waals surface area contributed by atoms with E-state index >= 15 is 0 Å². The Morgan fingerprint density at radius 2 is 2.04 bits per heavy atom. The average molecular weight is 405 g/mol. The van der Waals surface area contributed by atoms with E-state index in [1.54, 1.807) is 0 Å². The Hall–Kier alpha value is -0.933. The molecule has 148 valence electrons. The van der Waals surface area contributed by atoms with E-state index < -0.39 is 37.5 Å². The molecule has 7 nitrogen and oxygen atoms in total. The second-order valence-electron chi connectivity index (χ2n) is 8.54. The molecule has 1 aliphatic rings. The number of aromatic nitrogens is 2. The average Bonchev–Trinajstić information content (AvgIpc) is 2.80. The van der Waals surface area contributed by atoms with Crippen molar-refractivity contribution in [3.05, 3.63) is 33.1 Å². The van der Waals surface area contributed by atoms with Crippen LogP contribution in [0.15, 0.2) is 21.9 Å². The van der Waals surface area contributed by atoms with Gasteiger partial charge in [0.05, 0.1) is 18.6 Å². The fraction of sp³-hybridized carbons (Fsp3) is 0.765. The third-order valence-electron chi connectivity index (χ3n) is 5.65. The molecule has 0 radical (unpaired) electrons. The van der Waals surface area contributed by atoms with Crippen LogP contribution in [0.25, 0.3) is 0 Å². The summed E-state index contributed by atoms with van der Waals surface area (Å²) in [4.78, 5) is 25.8. The SMILES string of the molecule is C[C@@H]1[C@H](n2ccc(=O)[nH]c2=O)O[C@@](CO)(CCl)[C@H]1O[Si](C)(C)C(C)(C)C. The number of hydrogen-bond donors (Lipinski definition) is 2. The van der Waals surface area contributed by atoms with Gasteiger partial charge in [0, 0.05) is 18.2 Å². The lowest BCUT2D eigenvalue weighted by Crippen LogP contribution is -2.54. The number of nitrogens with zero attached hydrogens (tertiary/aromatic N) is 1. The first kappa shape index (κ1) is 21.4. The number of halogens is 1. The van der Waals surface area contributed by atoms with Crippen LogP contribution in [0.3, 0.4) is 0 Å². The van der Waals surface area contributed by atoms with Crippen LogP contribution in [0.2, 0.25) is 18.1 Å². The Balaban J connectivity index is 2.46. The molecule has 0 saturated carbocycles. The predicted octanol–water partition coefficient (Wildman–Crippen LogP) is 2.06. The molecule has 0 unspecified atom stereocenters. The Kier molecular flexibility index (Phi) is 5.95. The van der Waals surface area contributed by atoms with Gasteiger partial charge in [-0.2, -0.15) is 0 Å². The summed E-state index contributed by atoms with van der Waals surface area (Å²) in [6, 6.07) is 1.26. The third kappa shape index (κ3) is 3.70. The van der Waals surface area contributed by atoms with Crippen molar-refractivity contribution in [1.82, 2.24) is 9.55 Å². The highest BCUT2D eigenvalue weighted by molar-refractivity contribution is 6.74. The maximum atomic E-state index is 12.2. The van der Waals surface area contributed by atoms with Gasteiger partial charge in [-0.15, -0.1) is 11.6 Å². The van der Waals surface area contributed by atoms with E-state index in [2.05, 4.69) is 38.8 Å². The van der Waals surface area contributed by atoms with E-state index in [0.717, 1.165) is 0 Å². The van der Waals surface area contributed by atoms with E-state index in [1.165, 1.54) is 16.8 Å². The summed E-state index contributed by atoms with van der Waals surface area (Å²) in [5, 5.41) is 10.0. The maximum Gasteiger partial charge on any atom is 0.330 e. The molecule has 1 aromatic heterocycles. The topological polar surface area (TPSA) is 93.6 Å². The molecule has 2 rings (SSSR count). The van der Waals surface area contributed by atoms with Crippen molar-refractivity contribution in [2.75, 3.05) is 12.5 Å². The van der Waals surface area contributed by atoms with Crippen molar-refractivity contribution < 1.29 is 14.3 Å². The molecule has 1 fully saturated rings. The summed E-state index contributed by atoms with van der Waals surface area (Å²) in [6.07, 6.45) is 0.225. The van der Waals surface area contributed by atoms with Gasteiger partial charge in [0.1, 0.15) is 11.8 Å². The van der Waals surface area contributed by atoms with Crippen molar-refractivity contribution >= 4 is 19.9 Å². The smallest absolute Gasteiger partial charge is 0.330 e. The van der Waals surface area contributed by atoms with Crippen LogP contribution in [-0.4, -0.2) is 47.2 Å². The van der Waals surface area contributed by atoms with Crippen LogP contribution in [-0.2, 0) is 9.16 Å². The molecule has 0 aromatic carbocycles. The Morgan fingerprint density at radius 1 is 1.42 bits per heavy atom. The van der Waals surface area contributed by atoms with Gasteiger partial charge in [-0.1, -0.05) is 27.7 Å². The summed E-state index contributed by atoms with van der Waals surface area (Å²) in [6.45, 7) is 12.2. The van der Waals surface area contributed by atoms with Crippen molar-refractivity contribution in [3.63, 3.8) is 0 Å². The minimum Gasteiger partial charge on any atom is -0.410 e. The maximum absolute atomic E-state index is 12.2. The van der Waals surface area contributed by atoms with Crippen molar-refractivity contribution in [3.8, 4) is 0 Å². The fourth-order valence-corrected chi connectivity index (χ4v) is 4.68. The summed E-state index contributed by atoms with van der Waals surface area (Å²) < 4.78 is 14.0. The highest BCUT2D eigenvalue weighted by Gasteiger charge is 2.57. The van der Waals surface area contributed by atoms with E-state index in [0.29, 0.717) is 0 Å². The molecule has 1 aromatic rings. The summed E-state index contributed by atoms with van der Waals surface area (Å²) >= 11 is 6.19. The van der Waals surface area contributed by atoms with Crippen LogP contribution in [0.5, 0.6) is 0 Å². The second-order valence-corrected chi connectivity index (χ2v) is 13.6. The number of aliphatic hydroxyl groups is 1. The quantitative estimate of drug-likeness (QED) is 0.578. The lowest BCUT2D eigenvalue weighted by atomic mass is 9.93. The summed E-state index contributed by atoms with van der Waals surface area (Å²) in [5.74, 6) is -0.222. The van der Waals surface area contributed by atoms with E-state index in [4.69, 9.17) is 20.8 Å². The van der Waals surface area contributed by atoms with Crippen molar-refractivity contribution in [2.24, 2.45) is 5.92 Å². The number of alkyl halides is 1. The van der Waals surface area contributed by atoms with Crippen LogP contribution >= 0.6 is 11.6 Å². The van der Waals surface area contributed by atoms with Crippen LogP contribution in [0.4, 0.5) is 0 Å². The molecule has 4 atom stereocenters. The molecular weight excluding hydrogens is 376 g/mol. The molecule has 0 aliphatic carbocycles. The zero-order valence-corrected chi connectivity index (χ0v) is 18.0. The molecule has 0 spiro atoms. The van der Waals surface area contributed by atoms with Crippen LogP contribution < -0.4 is 11.2 Å². The van der Waals surface area contributed by atoms with Gasteiger partial charge in [0.2, 0.25) is 0 Å². The first-order chi connectivity index (χ1) is 11.9. The predicted molar refractivity (Wildman–Crippen MR) is 103 cm³/mol. The molecule has 2 N–H and O–H groups in total. The normalized spacial score (nSPS) is 29.9. The molecule has 1 saturated heterocycles. The van der Waals surface area contributed by atoms with Gasteiger partial charge in [0.15, 0.2) is 8.32 Å². The molecule has 2 heterocycles. The standard InChI is InChI=1S/C17H29ClN2O5Si/c1-11-13(25-26(5,6)16(2,3)4)17(9-18,10-21)24-14(11)20-8-7-12(22)19-15(20)23/h7-8,11,13-14,21H,9-10H2,1-6H3,(H,19,22,23)/t11-,13-,14+,17+/m0/s1. The fourth-order valence-electron chi connectivity index (χ4n) is 2.97. The van der Waals surface area contributed by atoms with Gasteiger partial charge < -0.3 is 14.3 Å². The van der Waals surface area contributed by atoms with E-state index in [1.807, 2.05) is 6.92 Å². The van der Waals surface area contributed by atoms with Crippen molar-refractivity contribution in [1.29, 1.82) is 0 Å². The van der Waals surface area contributed by atoms with Crippen LogP contribution in [0.1, 0.15) is 33.9 Å². The first-order valence-electron chi connectivity index (χ1n) is 8.72. The number of rotatable bonds is 5. The van der Waals surface area contributed by atoms with Crippen molar-refractivity contribution in [2.45, 2.75) is 63.8 Å². The van der Waals surface area contributed by atoms with E-state index in [9.17, 15) is 14.7 Å². The highest BCUT2D eigenvalue weighted by Crippen LogP contribution is 2.47. The molecule has 9 heteroatoms. The molecule has 0 bridgehead atoms. The van der Waals surface area contributed by atoms with Crippen LogP contribution in [0, 0.1) is 5.92 Å². The second kappa shape index (κ2) is 7.24. The number of hydrogen-bond acceptors (Lipinski definition) is 5. The zero-order chi connectivity index (χ0) is 19.9. The Morgan fingerprint density at radius 3 is 2.50 bits per heavy atom. The lowest BCUT2D eigenvalue weighted by molar-refractivity contribution is -0.112. The van der Waals surface area contributed by atoms with E-state index in [-0.39, 0.29) is 23.4 Å². The first-order valence-corrected chi connectivity index (χ1v) is 12.2. The van der Waals surface area contributed by atoms with Gasteiger partial charge in [-0.25, -0.2) is 4.79 Å². The largest absolute Gasteiger partial charge is 0.410 e. The molecule has 1 aliphatic heterocycles. The Labute approximate surface area is 159 Å². The lowest BCUT2D eigenvalue weighted by Gasteiger charge is -2.43. The third-order valence-corrected chi connectivity index (χ3v) is 10.6. The minimum atomic E-state index is -2.18. The monoisotopic (exact) mass is 404 g/mol. The number of H-pyrrole nitrogens is 1. The number of nitrogens with one attached hydrogen (secondary N) is 1. The summed E-state index contributed by atoms with van der Waals surface area (Å²) in [5.41, 5.74) is -2.16. The minimum absolute atomic E-state index is 0.0295. The summed E-state index contributed by atoms with van der Waals surface area (Å²) in [7, 11) is -2.18. The molecule has 26 heavy (non-hydrogen) atoms. The number of ether oxygens (including phenoxy) is 1. The van der Waals surface area contributed by atoms with Gasteiger partial charge in [-0.3, -0.25) is 14.3 Å². The molecule has 0 amide bonds. The highest BCUT2D eigenvalue weighted by atomic mass is 35.5. The molecular formula is C17H29ClN2O5Si. The number of aromatic amines is 1. The van der Waals surface area contributed by atoms with Gasteiger partial charge in [-0.05, 0) is 18.1 Å². The van der Waals surface area contributed by atoms with Gasteiger partial charge in [0.25, 0.3) is 5.56 Å². The number of aliphatic hydroxyl groups excluding tert-OH is 1. The Bertz CT molecular complexity index is 751. The zero-order valence-electron chi connectivity index (χ0n) is 16.2. The van der Waals surface area contributed by atoms with Gasteiger partial charge >= 0.3 is 5.69 Å².